The van der Waals surface area contributed by atoms with Gasteiger partial charge in [-0.05, 0) is 35.7 Å². The molecule has 2 aromatic carbocycles. The Bertz CT molecular complexity index is 993. The summed E-state index contributed by atoms with van der Waals surface area (Å²) in [6.07, 6.45) is 0.799. The highest BCUT2D eigenvalue weighted by Gasteiger charge is 2.23. The lowest BCUT2D eigenvalue weighted by atomic mass is 10.1. The third-order valence-corrected chi connectivity index (χ3v) is 5.97. The average Bonchev–Trinajstić information content (AvgIpc) is 2.95. The molecular formula is C19H18N2O3S. The summed E-state index contributed by atoms with van der Waals surface area (Å²) in [5.41, 5.74) is 6.62. The Balaban J connectivity index is 1.80. The molecule has 25 heavy (non-hydrogen) atoms. The normalized spacial score (nSPS) is 16.6. The maximum atomic E-state index is 12.0. The number of amides is 1. The minimum Gasteiger partial charge on any atom is -0.340 e. The van der Waals surface area contributed by atoms with Gasteiger partial charge in [0.15, 0.2) is 0 Å². The molecule has 2 heterocycles. The Morgan fingerprint density at radius 3 is 2.88 bits per heavy atom. The van der Waals surface area contributed by atoms with Crippen molar-refractivity contribution in [1.82, 2.24) is 10.0 Å². The van der Waals surface area contributed by atoms with E-state index >= 15 is 0 Å². The molecule has 1 aromatic heterocycles. The van der Waals surface area contributed by atoms with Crippen molar-refractivity contribution in [2.45, 2.75) is 18.7 Å². The first-order valence-electron chi connectivity index (χ1n) is 8.14. The van der Waals surface area contributed by atoms with Crippen LogP contribution < -0.4 is 5.48 Å². The number of hydrogen-bond donors (Lipinski definition) is 2. The van der Waals surface area contributed by atoms with Crippen LogP contribution in [0.25, 0.3) is 10.9 Å². The zero-order valence-electron chi connectivity index (χ0n) is 13.6. The van der Waals surface area contributed by atoms with E-state index in [2.05, 4.69) is 16.7 Å². The van der Waals surface area contributed by atoms with Crippen LogP contribution in [0.4, 0.5) is 0 Å². The molecule has 1 amide bonds. The first-order valence-corrected chi connectivity index (χ1v) is 9.63. The van der Waals surface area contributed by atoms with Crippen LogP contribution in [0.2, 0.25) is 0 Å². The number of carbonyl (C=O) groups excluding carboxylic acids is 1. The van der Waals surface area contributed by atoms with Crippen molar-refractivity contribution in [3.63, 3.8) is 0 Å². The summed E-state index contributed by atoms with van der Waals surface area (Å²) in [6.45, 7) is 0.634. The SMILES string of the molecule is O=C(NO)c1cccc(Cn2c3c(c4ccccc42)CS(=O)CC3)c1. The van der Waals surface area contributed by atoms with Crippen LogP contribution in [0.3, 0.4) is 0 Å². The van der Waals surface area contributed by atoms with Crippen LogP contribution in [0.5, 0.6) is 0 Å². The third kappa shape index (κ3) is 2.88. The number of rotatable bonds is 3. The van der Waals surface area contributed by atoms with E-state index in [1.807, 2.05) is 24.3 Å². The molecule has 1 aliphatic rings. The van der Waals surface area contributed by atoms with Crippen molar-refractivity contribution in [3.05, 3.63) is 70.9 Å². The minimum absolute atomic E-state index is 0.423. The zero-order chi connectivity index (χ0) is 17.4. The summed E-state index contributed by atoms with van der Waals surface area (Å²) in [6, 6.07) is 15.4. The molecular weight excluding hydrogens is 336 g/mol. The highest BCUT2D eigenvalue weighted by molar-refractivity contribution is 7.84. The van der Waals surface area contributed by atoms with Crippen molar-refractivity contribution in [3.8, 4) is 0 Å². The molecule has 0 saturated carbocycles. The van der Waals surface area contributed by atoms with Gasteiger partial charge in [0, 0.05) is 45.3 Å². The topological polar surface area (TPSA) is 71.3 Å². The van der Waals surface area contributed by atoms with Gasteiger partial charge in [-0.1, -0.05) is 30.3 Å². The van der Waals surface area contributed by atoms with Crippen molar-refractivity contribution in [2.75, 3.05) is 5.75 Å². The minimum atomic E-state index is -0.796. The summed E-state index contributed by atoms with van der Waals surface area (Å²) in [5, 5.41) is 9.99. The largest absolute Gasteiger partial charge is 0.340 e. The second kappa shape index (κ2) is 6.46. The van der Waals surface area contributed by atoms with E-state index in [0.717, 1.165) is 22.9 Å². The van der Waals surface area contributed by atoms with Gasteiger partial charge in [0.1, 0.15) is 0 Å². The molecule has 0 aliphatic carbocycles. The van der Waals surface area contributed by atoms with Gasteiger partial charge in [-0.2, -0.15) is 0 Å². The molecule has 0 radical (unpaired) electrons. The fourth-order valence-electron chi connectivity index (χ4n) is 3.56. The van der Waals surface area contributed by atoms with E-state index in [1.54, 1.807) is 17.6 Å². The lowest BCUT2D eigenvalue weighted by Crippen LogP contribution is -2.19. The summed E-state index contributed by atoms with van der Waals surface area (Å²) in [5.74, 6) is 0.781. The number of nitrogens with one attached hydrogen (secondary N) is 1. The summed E-state index contributed by atoms with van der Waals surface area (Å²) in [7, 11) is -0.796. The van der Waals surface area contributed by atoms with Crippen LogP contribution in [-0.2, 0) is 29.5 Å². The lowest BCUT2D eigenvalue weighted by molar-refractivity contribution is 0.0706. The number of hydrogen-bond acceptors (Lipinski definition) is 3. The Morgan fingerprint density at radius 2 is 2.04 bits per heavy atom. The van der Waals surface area contributed by atoms with Gasteiger partial charge in [0.05, 0.1) is 5.75 Å². The fourth-order valence-corrected chi connectivity index (χ4v) is 4.77. The Morgan fingerprint density at radius 1 is 1.20 bits per heavy atom. The Kier molecular flexibility index (Phi) is 4.15. The van der Waals surface area contributed by atoms with E-state index in [0.29, 0.717) is 23.6 Å². The highest BCUT2D eigenvalue weighted by atomic mass is 32.2. The van der Waals surface area contributed by atoms with Crippen LogP contribution in [0, 0.1) is 0 Å². The molecule has 1 atom stereocenters. The maximum absolute atomic E-state index is 12.0. The van der Waals surface area contributed by atoms with Crippen molar-refractivity contribution in [1.29, 1.82) is 0 Å². The molecule has 0 fully saturated rings. The monoisotopic (exact) mass is 354 g/mol. The predicted molar refractivity (Wildman–Crippen MR) is 97.2 cm³/mol. The van der Waals surface area contributed by atoms with Crippen molar-refractivity contribution in [2.24, 2.45) is 0 Å². The number of fused-ring (bicyclic) bond motifs is 3. The molecule has 1 aliphatic heterocycles. The number of para-hydroxylation sites is 1. The van der Waals surface area contributed by atoms with Crippen LogP contribution in [0.1, 0.15) is 27.2 Å². The molecule has 0 saturated heterocycles. The number of benzene rings is 2. The van der Waals surface area contributed by atoms with E-state index in [1.165, 1.54) is 11.3 Å². The standard InChI is InChI=1S/C19H18N2O3S/c22-19(20-23)14-5-3-4-13(10-14)11-21-17-7-2-1-6-15(17)16-12-25(24)9-8-18(16)21/h1-7,10,23H,8-9,11-12H2,(H,20,22). The fraction of sp³-hybridized carbons (Fsp3) is 0.211. The van der Waals surface area contributed by atoms with Gasteiger partial charge in [0.25, 0.3) is 5.91 Å². The predicted octanol–water partition coefficient (Wildman–Crippen LogP) is 2.61. The summed E-state index contributed by atoms with van der Waals surface area (Å²) < 4.78 is 14.3. The molecule has 3 aromatic rings. The van der Waals surface area contributed by atoms with Gasteiger partial charge in [-0.3, -0.25) is 14.2 Å². The molecule has 0 spiro atoms. The molecule has 4 rings (SSSR count). The molecule has 6 heteroatoms. The van der Waals surface area contributed by atoms with Crippen molar-refractivity contribution >= 4 is 27.6 Å². The second-order valence-electron chi connectivity index (χ2n) is 6.21. The van der Waals surface area contributed by atoms with Gasteiger partial charge in [0.2, 0.25) is 0 Å². The number of nitrogens with zero attached hydrogens (tertiary/aromatic N) is 1. The Labute approximate surface area is 147 Å². The molecule has 5 nitrogen and oxygen atoms in total. The molecule has 128 valence electrons. The first-order chi connectivity index (χ1) is 12.2. The smallest absolute Gasteiger partial charge is 0.274 e. The number of hydroxylamine groups is 1. The van der Waals surface area contributed by atoms with Gasteiger partial charge in [-0.15, -0.1) is 0 Å². The zero-order valence-corrected chi connectivity index (χ0v) is 14.4. The van der Waals surface area contributed by atoms with Crippen molar-refractivity contribution < 1.29 is 14.2 Å². The number of aromatic nitrogens is 1. The third-order valence-electron chi connectivity index (χ3n) is 4.70. The van der Waals surface area contributed by atoms with Crippen LogP contribution >= 0.6 is 0 Å². The van der Waals surface area contributed by atoms with Gasteiger partial charge < -0.3 is 4.57 Å². The average molecular weight is 354 g/mol. The van der Waals surface area contributed by atoms with Crippen LogP contribution in [0.15, 0.2) is 48.5 Å². The molecule has 1 unspecified atom stereocenters. The summed E-state index contributed by atoms with van der Waals surface area (Å²) >= 11 is 0. The molecule has 0 bridgehead atoms. The first kappa shape index (κ1) is 16.1. The maximum Gasteiger partial charge on any atom is 0.274 e. The summed E-state index contributed by atoms with van der Waals surface area (Å²) in [4.78, 5) is 11.6. The quantitative estimate of drug-likeness (QED) is 0.561. The number of carbonyl (C=O) groups is 1. The van der Waals surface area contributed by atoms with E-state index in [4.69, 9.17) is 5.21 Å². The van der Waals surface area contributed by atoms with E-state index in [9.17, 15) is 9.00 Å². The van der Waals surface area contributed by atoms with Gasteiger partial charge >= 0.3 is 0 Å². The van der Waals surface area contributed by atoms with E-state index in [-0.39, 0.29) is 0 Å². The van der Waals surface area contributed by atoms with Gasteiger partial charge in [-0.25, -0.2) is 5.48 Å². The Hall–Kier alpha value is -2.44. The second-order valence-corrected chi connectivity index (χ2v) is 7.78. The van der Waals surface area contributed by atoms with E-state index < -0.39 is 16.7 Å². The molecule has 2 N–H and O–H groups in total. The lowest BCUT2D eigenvalue weighted by Gasteiger charge is -2.16. The van der Waals surface area contributed by atoms with Crippen LogP contribution in [-0.4, -0.2) is 25.6 Å². The highest BCUT2D eigenvalue weighted by Crippen LogP contribution is 2.31.